The summed E-state index contributed by atoms with van der Waals surface area (Å²) in [7, 11) is 1.50. The quantitative estimate of drug-likeness (QED) is 0.692. The highest BCUT2D eigenvalue weighted by Gasteiger charge is 2.36. The predicted octanol–water partition coefficient (Wildman–Crippen LogP) is 0.293. The number of carboxylic acid groups (broad SMARTS) is 1. The lowest BCUT2D eigenvalue weighted by atomic mass is 9.99. The molecular weight excluding hydrogens is 196 g/mol. The molecule has 15 heavy (non-hydrogen) atoms. The molecule has 0 bridgehead atoms. The molecule has 1 atom stereocenters. The summed E-state index contributed by atoms with van der Waals surface area (Å²) in [5, 5.41) is 8.95. The molecule has 0 saturated carbocycles. The van der Waals surface area contributed by atoms with Gasteiger partial charge in [-0.1, -0.05) is 6.92 Å². The van der Waals surface area contributed by atoms with E-state index in [-0.39, 0.29) is 11.8 Å². The van der Waals surface area contributed by atoms with E-state index >= 15 is 0 Å². The number of hydrogen-bond acceptors (Lipinski definition) is 3. The van der Waals surface area contributed by atoms with Gasteiger partial charge in [0.25, 0.3) is 0 Å². The van der Waals surface area contributed by atoms with E-state index in [0.717, 1.165) is 0 Å². The van der Waals surface area contributed by atoms with Gasteiger partial charge in [-0.3, -0.25) is 4.79 Å². The van der Waals surface area contributed by atoms with Crippen LogP contribution < -0.4 is 5.73 Å². The Labute approximate surface area is 90.2 Å². The van der Waals surface area contributed by atoms with Crippen molar-refractivity contribution < 1.29 is 14.7 Å². The highest BCUT2D eigenvalue weighted by molar-refractivity contribution is 5.87. The molecule has 5 heteroatoms. The van der Waals surface area contributed by atoms with Crippen molar-refractivity contribution in [2.45, 2.75) is 32.7 Å². The van der Waals surface area contributed by atoms with Gasteiger partial charge in [0.1, 0.15) is 5.54 Å². The number of rotatable bonds is 5. The molecule has 0 aromatic rings. The zero-order chi connectivity index (χ0) is 12.2. The van der Waals surface area contributed by atoms with E-state index in [2.05, 4.69) is 0 Å². The lowest BCUT2D eigenvalue weighted by Gasteiger charge is -2.33. The van der Waals surface area contributed by atoms with Crippen molar-refractivity contribution in [1.29, 1.82) is 0 Å². The van der Waals surface area contributed by atoms with Crippen LogP contribution in [-0.4, -0.2) is 41.0 Å². The van der Waals surface area contributed by atoms with E-state index in [4.69, 9.17) is 10.8 Å². The van der Waals surface area contributed by atoms with Crippen LogP contribution in [0.15, 0.2) is 0 Å². The summed E-state index contributed by atoms with van der Waals surface area (Å²) in [6.45, 7) is 5.18. The van der Waals surface area contributed by atoms with Gasteiger partial charge in [0.2, 0.25) is 5.91 Å². The van der Waals surface area contributed by atoms with E-state index in [9.17, 15) is 9.59 Å². The molecule has 0 aliphatic heterocycles. The maximum absolute atomic E-state index is 11.8. The number of carbonyl (C=O) groups is 2. The maximum atomic E-state index is 11.8. The fourth-order valence-corrected chi connectivity index (χ4v) is 1.12. The zero-order valence-corrected chi connectivity index (χ0v) is 9.78. The van der Waals surface area contributed by atoms with E-state index in [1.165, 1.54) is 25.8 Å². The van der Waals surface area contributed by atoms with E-state index in [1.807, 2.05) is 0 Å². The second kappa shape index (κ2) is 5.11. The van der Waals surface area contributed by atoms with Crippen LogP contribution >= 0.6 is 0 Å². The lowest BCUT2D eigenvalue weighted by Crippen LogP contribution is -2.52. The van der Waals surface area contributed by atoms with Crippen LogP contribution in [0.4, 0.5) is 0 Å². The molecule has 3 N–H and O–H groups in total. The van der Waals surface area contributed by atoms with Crippen LogP contribution in [0.3, 0.4) is 0 Å². The molecule has 0 aromatic carbocycles. The molecule has 0 aromatic heterocycles. The van der Waals surface area contributed by atoms with E-state index < -0.39 is 11.5 Å². The van der Waals surface area contributed by atoms with Gasteiger partial charge >= 0.3 is 5.97 Å². The first-order chi connectivity index (χ1) is 6.75. The minimum absolute atomic E-state index is 0.187. The number of aliphatic carboxylic acids is 1. The topological polar surface area (TPSA) is 83.6 Å². The Balaban J connectivity index is 4.64. The maximum Gasteiger partial charge on any atom is 0.329 e. The second-order valence-corrected chi connectivity index (χ2v) is 4.24. The smallest absolute Gasteiger partial charge is 0.329 e. The largest absolute Gasteiger partial charge is 0.480 e. The average Bonchev–Trinajstić information content (AvgIpc) is 2.15. The summed E-state index contributed by atoms with van der Waals surface area (Å²) < 4.78 is 0. The molecular formula is C10H20N2O3. The Morgan fingerprint density at radius 2 is 1.93 bits per heavy atom. The number of hydrogen-bond donors (Lipinski definition) is 2. The Kier molecular flexibility index (Phi) is 4.74. The van der Waals surface area contributed by atoms with Crippen molar-refractivity contribution in [3.05, 3.63) is 0 Å². The number of likely N-dealkylation sites (N-methyl/N-ethyl adjacent to an activating group) is 1. The van der Waals surface area contributed by atoms with Crippen molar-refractivity contribution in [1.82, 2.24) is 4.90 Å². The first kappa shape index (κ1) is 13.9. The summed E-state index contributed by atoms with van der Waals surface area (Å²) in [4.78, 5) is 24.0. The molecule has 1 unspecified atom stereocenters. The van der Waals surface area contributed by atoms with Crippen molar-refractivity contribution in [2.24, 2.45) is 11.7 Å². The second-order valence-electron chi connectivity index (χ2n) is 4.24. The van der Waals surface area contributed by atoms with Crippen LogP contribution in [0.5, 0.6) is 0 Å². The Hall–Kier alpha value is -1.10. The van der Waals surface area contributed by atoms with Gasteiger partial charge in [-0.25, -0.2) is 4.79 Å². The molecule has 0 aliphatic carbocycles. The normalized spacial score (nSPS) is 13.4. The number of nitrogens with two attached hydrogens (primary N) is 1. The Morgan fingerprint density at radius 3 is 2.27 bits per heavy atom. The Bertz CT molecular complexity index is 251. The molecule has 0 rings (SSSR count). The standard InChI is InChI=1S/C10H20N2O3/c1-7(5-6-11)8(13)12(4)10(2,3)9(14)15/h7H,5-6,11H2,1-4H3,(H,14,15). The SMILES string of the molecule is CC(CCN)C(=O)N(C)C(C)(C)C(=O)O. The highest BCUT2D eigenvalue weighted by atomic mass is 16.4. The highest BCUT2D eigenvalue weighted by Crippen LogP contribution is 2.16. The number of amides is 1. The molecule has 1 amide bonds. The minimum atomic E-state index is -1.18. The van der Waals surface area contributed by atoms with Crippen LogP contribution in [0.2, 0.25) is 0 Å². The third kappa shape index (κ3) is 3.20. The van der Waals surface area contributed by atoms with Gasteiger partial charge in [0.15, 0.2) is 0 Å². The molecule has 0 aliphatic rings. The molecule has 0 spiro atoms. The average molecular weight is 216 g/mol. The van der Waals surface area contributed by atoms with Crippen molar-refractivity contribution >= 4 is 11.9 Å². The fraction of sp³-hybridized carbons (Fsp3) is 0.800. The fourth-order valence-electron chi connectivity index (χ4n) is 1.12. The zero-order valence-electron chi connectivity index (χ0n) is 9.78. The molecule has 0 radical (unpaired) electrons. The van der Waals surface area contributed by atoms with Gasteiger partial charge in [0, 0.05) is 13.0 Å². The minimum Gasteiger partial charge on any atom is -0.480 e. The lowest BCUT2D eigenvalue weighted by molar-refractivity contribution is -0.156. The van der Waals surface area contributed by atoms with Crippen LogP contribution in [0.1, 0.15) is 27.2 Å². The van der Waals surface area contributed by atoms with Crippen LogP contribution in [0, 0.1) is 5.92 Å². The summed E-state index contributed by atoms with van der Waals surface area (Å²) in [5.41, 5.74) is 4.17. The first-order valence-corrected chi connectivity index (χ1v) is 4.96. The van der Waals surface area contributed by atoms with Gasteiger partial charge in [-0.2, -0.15) is 0 Å². The van der Waals surface area contributed by atoms with Gasteiger partial charge in [0.05, 0.1) is 0 Å². The third-order valence-corrected chi connectivity index (χ3v) is 2.71. The summed E-state index contributed by atoms with van der Waals surface area (Å²) >= 11 is 0. The Morgan fingerprint density at radius 1 is 1.47 bits per heavy atom. The van der Waals surface area contributed by atoms with E-state index in [0.29, 0.717) is 13.0 Å². The van der Waals surface area contributed by atoms with Crippen molar-refractivity contribution in [3.8, 4) is 0 Å². The molecule has 0 fully saturated rings. The monoisotopic (exact) mass is 216 g/mol. The number of nitrogens with zero attached hydrogens (tertiary/aromatic N) is 1. The third-order valence-electron chi connectivity index (χ3n) is 2.71. The molecule has 0 saturated heterocycles. The van der Waals surface area contributed by atoms with E-state index in [1.54, 1.807) is 6.92 Å². The van der Waals surface area contributed by atoms with Gasteiger partial charge < -0.3 is 15.7 Å². The summed E-state index contributed by atoms with van der Waals surface area (Å²) in [6, 6.07) is 0. The van der Waals surface area contributed by atoms with Crippen molar-refractivity contribution in [2.75, 3.05) is 13.6 Å². The van der Waals surface area contributed by atoms with Gasteiger partial charge in [-0.05, 0) is 26.8 Å². The number of carboxylic acids is 1. The van der Waals surface area contributed by atoms with Crippen LogP contribution in [-0.2, 0) is 9.59 Å². The summed E-state index contributed by atoms with van der Waals surface area (Å²) in [6.07, 6.45) is 0.568. The van der Waals surface area contributed by atoms with Crippen LogP contribution in [0.25, 0.3) is 0 Å². The number of carbonyl (C=O) groups excluding carboxylic acids is 1. The summed E-state index contributed by atoms with van der Waals surface area (Å²) in [5.74, 6) is -1.44. The molecule has 88 valence electrons. The predicted molar refractivity (Wildman–Crippen MR) is 57.3 cm³/mol. The molecule has 0 heterocycles. The van der Waals surface area contributed by atoms with Gasteiger partial charge in [-0.15, -0.1) is 0 Å². The first-order valence-electron chi connectivity index (χ1n) is 4.96. The molecule has 5 nitrogen and oxygen atoms in total. The van der Waals surface area contributed by atoms with Crippen molar-refractivity contribution in [3.63, 3.8) is 0 Å².